The Morgan fingerprint density at radius 1 is 0.778 bits per heavy atom. The normalized spacial score (nSPS) is 13.7. The third-order valence-corrected chi connectivity index (χ3v) is 10.6. The Balaban J connectivity index is 2.35. The zero-order valence-corrected chi connectivity index (χ0v) is 20.7. The minimum absolute atomic E-state index is 0.101. The quantitative estimate of drug-likeness (QED) is 0.227. The van der Waals surface area contributed by atoms with E-state index in [2.05, 4.69) is 0 Å². The van der Waals surface area contributed by atoms with E-state index in [1.807, 2.05) is 6.92 Å². The predicted molar refractivity (Wildman–Crippen MR) is 126 cm³/mol. The lowest BCUT2D eigenvalue weighted by atomic mass is 10.1. The second kappa shape index (κ2) is 10.9. The molecule has 0 saturated heterocycles. The van der Waals surface area contributed by atoms with Crippen LogP contribution in [0.15, 0.2) is 99.6 Å². The Kier molecular flexibility index (Phi) is 8.47. The van der Waals surface area contributed by atoms with Gasteiger partial charge in [0.1, 0.15) is 0 Å². The minimum atomic E-state index is -6.62. The molecule has 0 bridgehead atoms. The van der Waals surface area contributed by atoms with Gasteiger partial charge in [0.2, 0.25) is 0 Å². The maximum Gasteiger partial charge on any atom is 0.438 e. The van der Waals surface area contributed by atoms with E-state index in [0.717, 1.165) is 18.4 Å². The molecule has 0 fully saturated rings. The van der Waals surface area contributed by atoms with E-state index in [4.69, 9.17) is 3.63 Å². The molecule has 0 aliphatic rings. The monoisotopic (exact) mass is 550 g/mol. The van der Waals surface area contributed by atoms with Gasteiger partial charge in [-0.25, -0.2) is 12.4 Å². The smallest absolute Gasteiger partial charge is 0.203 e. The van der Waals surface area contributed by atoms with Gasteiger partial charge in [0.15, 0.2) is 0 Å². The molecule has 0 unspecified atom stereocenters. The molecule has 11 heteroatoms. The lowest BCUT2D eigenvalue weighted by Gasteiger charge is -2.40. The standard InChI is InChI=1S/C25H24F6O3S2/c1-2-3-11-19-12-10-17-22(18-19)35(20-13-6-4-7-14-20,21-15-8-5-9-16-21)34-36(32,33)25(30,31)24(28,29)23(26)27/h4-10,12-18,23H,2-3,11H2,1H3. The number of hydrogen-bond donors (Lipinski definition) is 0. The van der Waals surface area contributed by atoms with Crippen LogP contribution in [0.25, 0.3) is 0 Å². The van der Waals surface area contributed by atoms with E-state index in [0.29, 0.717) is 6.42 Å². The Morgan fingerprint density at radius 2 is 1.28 bits per heavy atom. The molecule has 3 aromatic carbocycles. The highest BCUT2D eigenvalue weighted by atomic mass is 32.3. The minimum Gasteiger partial charge on any atom is -0.203 e. The van der Waals surface area contributed by atoms with Gasteiger partial charge in [-0.05, 0) is 65.1 Å². The first-order valence-electron chi connectivity index (χ1n) is 10.9. The molecule has 0 aliphatic heterocycles. The van der Waals surface area contributed by atoms with Gasteiger partial charge in [-0.1, -0.05) is 61.9 Å². The van der Waals surface area contributed by atoms with Crippen LogP contribution in [-0.2, 0) is 20.2 Å². The zero-order chi connectivity index (χ0) is 26.6. The Morgan fingerprint density at radius 3 is 1.75 bits per heavy atom. The Bertz CT molecular complexity index is 1210. The molecule has 0 amide bonds. The lowest BCUT2D eigenvalue weighted by molar-refractivity contribution is -0.227. The average molecular weight is 551 g/mol. The van der Waals surface area contributed by atoms with Gasteiger partial charge in [0, 0.05) is 14.7 Å². The highest BCUT2D eigenvalue weighted by Crippen LogP contribution is 2.71. The van der Waals surface area contributed by atoms with Crippen LogP contribution >= 0.6 is 10.3 Å². The van der Waals surface area contributed by atoms with Crippen molar-refractivity contribution in [1.29, 1.82) is 0 Å². The number of hydrogen-bond acceptors (Lipinski definition) is 3. The number of rotatable bonds is 11. The van der Waals surface area contributed by atoms with Gasteiger partial charge in [-0.15, -0.1) is 0 Å². The Hall–Kier alpha value is -2.50. The van der Waals surface area contributed by atoms with Crippen LogP contribution in [0.3, 0.4) is 0 Å². The fourth-order valence-corrected chi connectivity index (χ4v) is 8.75. The number of alkyl halides is 6. The van der Waals surface area contributed by atoms with Gasteiger partial charge < -0.3 is 0 Å². The molecule has 196 valence electrons. The fourth-order valence-electron chi connectivity index (χ4n) is 3.48. The van der Waals surface area contributed by atoms with Crippen molar-refractivity contribution in [2.24, 2.45) is 0 Å². The van der Waals surface area contributed by atoms with Crippen molar-refractivity contribution >= 4 is 20.4 Å². The Labute approximate surface area is 207 Å². The maximum absolute atomic E-state index is 14.6. The third kappa shape index (κ3) is 5.14. The summed E-state index contributed by atoms with van der Waals surface area (Å²) in [6.07, 6.45) is -2.74. The van der Waals surface area contributed by atoms with Gasteiger partial charge in [-0.3, -0.25) is 0 Å². The van der Waals surface area contributed by atoms with Crippen LogP contribution in [0.4, 0.5) is 26.3 Å². The molecule has 0 spiro atoms. The van der Waals surface area contributed by atoms with Crippen LogP contribution in [0.2, 0.25) is 0 Å². The second-order valence-corrected chi connectivity index (χ2v) is 12.4. The molecule has 0 radical (unpaired) electrons. The molecule has 3 rings (SSSR count). The SMILES string of the molecule is CCCCc1cccc(S(OS(=O)(=O)C(F)(F)C(F)(F)C(F)F)(c2ccccc2)c2ccccc2)c1. The van der Waals surface area contributed by atoms with Gasteiger partial charge in [0.25, 0.3) is 0 Å². The topological polar surface area (TPSA) is 43.4 Å². The summed E-state index contributed by atoms with van der Waals surface area (Å²) in [5.74, 6) is -6.19. The van der Waals surface area contributed by atoms with E-state index >= 15 is 0 Å². The van der Waals surface area contributed by atoms with Crippen molar-refractivity contribution in [3.8, 4) is 0 Å². The summed E-state index contributed by atoms with van der Waals surface area (Å²) in [5, 5.41) is -6.21. The maximum atomic E-state index is 14.6. The van der Waals surface area contributed by atoms with Crippen molar-refractivity contribution in [3.05, 3.63) is 90.5 Å². The van der Waals surface area contributed by atoms with Crippen LogP contribution in [-0.4, -0.2) is 26.0 Å². The summed E-state index contributed by atoms with van der Waals surface area (Å²) < 4.78 is 113. The van der Waals surface area contributed by atoms with Crippen LogP contribution in [0, 0.1) is 0 Å². The van der Waals surface area contributed by atoms with Crippen molar-refractivity contribution in [2.45, 2.75) is 58.5 Å². The lowest BCUT2D eigenvalue weighted by Crippen LogP contribution is -2.52. The molecule has 0 saturated carbocycles. The summed E-state index contributed by atoms with van der Waals surface area (Å²) in [6.45, 7) is 1.97. The first-order valence-corrected chi connectivity index (χ1v) is 13.9. The predicted octanol–water partition coefficient (Wildman–Crippen LogP) is 8.07. The van der Waals surface area contributed by atoms with Crippen LogP contribution < -0.4 is 0 Å². The molecule has 0 aromatic heterocycles. The van der Waals surface area contributed by atoms with Crippen molar-refractivity contribution in [3.63, 3.8) is 0 Å². The molecule has 0 heterocycles. The summed E-state index contributed by atoms with van der Waals surface area (Å²) in [7, 11) is -10.3. The van der Waals surface area contributed by atoms with Gasteiger partial charge >= 0.3 is 27.7 Å². The van der Waals surface area contributed by atoms with Crippen LogP contribution in [0.5, 0.6) is 0 Å². The highest BCUT2D eigenvalue weighted by molar-refractivity contribution is 8.33. The third-order valence-electron chi connectivity index (χ3n) is 5.37. The van der Waals surface area contributed by atoms with E-state index in [-0.39, 0.29) is 14.7 Å². The van der Waals surface area contributed by atoms with E-state index in [1.54, 1.807) is 30.3 Å². The number of halogens is 6. The van der Waals surface area contributed by atoms with Crippen molar-refractivity contribution in [2.75, 3.05) is 0 Å². The van der Waals surface area contributed by atoms with E-state index < -0.39 is 38.0 Å². The van der Waals surface area contributed by atoms with Crippen molar-refractivity contribution < 1.29 is 38.4 Å². The van der Waals surface area contributed by atoms with Gasteiger partial charge in [0.05, 0.1) is 0 Å². The molecule has 3 nitrogen and oxygen atoms in total. The van der Waals surface area contributed by atoms with E-state index in [1.165, 1.54) is 54.6 Å². The summed E-state index contributed by atoms with van der Waals surface area (Å²) in [6, 6.07) is 21.2. The van der Waals surface area contributed by atoms with Gasteiger partial charge in [-0.2, -0.15) is 26.0 Å². The second-order valence-electron chi connectivity index (χ2n) is 7.90. The summed E-state index contributed by atoms with van der Waals surface area (Å²) in [5.41, 5.74) is 0.740. The molecule has 0 N–H and O–H groups in total. The first-order chi connectivity index (χ1) is 16.9. The molecule has 0 atom stereocenters. The number of aryl methyl sites for hydroxylation is 1. The molecular formula is C25H24F6O3S2. The highest BCUT2D eigenvalue weighted by Gasteiger charge is 2.72. The largest absolute Gasteiger partial charge is 0.438 e. The zero-order valence-electron chi connectivity index (χ0n) is 19.1. The molecule has 0 aliphatic carbocycles. The van der Waals surface area contributed by atoms with Crippen LogP contribution in [0.1, 0.15) is 25.3 Å². The number of benzene rings is 3. The average Bonchev–Trinajstić information content (AvgIpc) is 2.87. The van der Waals surface area contributed by atoms with E-state index in [9.17, 15) is 34.8 Å². The summed E-state index contributed by atoms with van der Waals surface area (Å²) in [4.78, 5) is 0.334. The van der Waals surface area contributed by atoms with Crippen molar-refractivity contribution in [1.82, 2.24) is 0 Å². The first kappa shape index (κ1) is 28.1. The number of unbranched alkanes of at least 4 members (excludes halogenated alkanes) is 1. The fraction of sp³-hybridized carbons (Fsp3) is 0.280. The summed E-state index contributed by atoms with van der Waals surface area (Å²) >= 11 is 0. The molecular weight excluding hydrogens is 526 g/mol. The molecule has 36 heavy (non-hydrogen) atoms. The molecule has 3 aromatic rings.